The highest BCUT2D eigenvalue weighted by molar-refractivity contribution is 5.85. The summed E-state index contributed by atoms with van der Waals surface area (Å²) in [5, 5.41) is 16.4. The molecule has 2 heterocycles. The zero-order chi connectivity index (χ0) is 13.4. The second-order valence-corrected chi connectivity index (χ2v) is 4.77. The molecule has 108 valence electrons. The topological polar surface area (TPSA) is 71.2 Å². The van der Waals surface area contributed by atoms with Gasteiger partial charge >= 0.3 is 0 Å². The van der Waals surface area contributed by atoms with Crippen LogP contribution < -0.4 is 5.32 Å². The molecule has 5 nitrogen and oxygen atoms in total. The van der Waals surface area contributed by atoms with Crippen molar-refractivity contribution in [1.82, 2.24) is 15.5 Å². The van der Waals surface area contributed by atoms with E-state index < -0.39 is 6.10 Å². The molecular weight excluding hydrogens is 285 g/mol. The Kier molecular flexibility index (Phi) is 4.37. The van der Waals surface area contributed by atoms with Gasteiger partial charge in [-0.05, 0) is 25.0 Å². The normalized spacial score (nSPS) is 21.8. The Hall–Kier alpha value is -1.50. The smallest absolute Gasteiger partial charge is 0.244 e. The van der Waals surface area contributed by atoms with Crippen LogP contribution in [-0.4, -0.2) is 27.9 Å². The van der Waals surface area contributed by atoms with Crippen molar-refractivity contribution in [3.63, 3.8) is 0 Å². The van der Waals surface area contributed by atoms with Crippen LogP contribution >= 0.6 is 12.4 Å². The lowest BCUT2D eigenvalue weighted by Crippen LogP contribution is -2.15. The highest BCUT2D eigenvalue weighted by atomic mass is 35.5. The summed E-state index contributed by atoms with van der Waals surface area (Å²) in [4.78, 5) is 4.25. The molecule has 2 aromatic rings. The molecule has 7 heteroatoms. The zero-order valence-electron chi connectivity index (χ0n) is 10.8. The lowest BCUT2D eigenvalue weighted by atomic mass is 10.1. The number of nitrogens with one attached hydrogen (secondary N) is 1. The summed E-state index contributed by atoms with van der Waals surface area (Å²) in [7, 11) is 0. The van der Waals surface area contributed by atoms with Crippen molar-refractivity contribution in [2.45, 2.75) is 25.5 Å². The van der Waals surface area contributed by atoms with Gasteiger partial charge in [-0.1, -0.05) is 17.3 Å². The van der Waals surface area contributed by atoms with Crippen LogP contribution in [0.25, 0.3) is 11.4 Å². The number of benzene rings is 1. The van der Waals surface area contributed by atoms with Gasteiger partial charge in [-0.25, -0.2) is 4.39 Å². The van der Waals surface area contributed by atoms with E-state index in [0.717, 1.165) is 0 Å². The molecule has 1 aromatic carbocycles. The van der Waals surface area contributed by atoms with Gasteiger partial charge < -0.3 is 14.9 Å². The van der Waals surface area contributed by atoms with Crippen molar-refractivity contribution in [3.8, 4) is 11.4 Å². The summed E-state index contributed by atoms with van der Waals surface area (Å²) in [6, 6.07) is 4.69. The molecule has 1 fully saturated rings. The highest BCUT2D eigenvalue weighted by Gasteiger charge is 2.28. The van der Waals surface area contributed by atoms with Crippen LogP contribution in [0.4, 0.5) is 4.39 Å². The van der Waals surface area contributed by atoms with Crippen LogP contribution in [0.2, 0.25) is 0 Å². The minimum Gasteiger partial charge on any atom is -0.392 e. The number of aliphatic hydroxyl groups is 1. The molecular formula is C13H15ClFN3O2. The van der Waals surface area contributed by atoms with E-state index in [9.17, 15) is 9.50 Å². The molecule has 1 aromatic heterocycles. The molecule has 1 aliphatic heterocycles. The van der Waals surface area contributed by atoms with Gasteiger partial charge in [0.2, 0.25) is 11.7 Å². The second kappa shape index (κ2) is 5.87. The van der Waals surface area contributed by atoms with Gasteiger partial charge in [0.25, 0.3) is 0 Å². The van der Waals surface area contributed by atoms with Crippen molar-refractivity contribution < 1.29 is 14.0 Å². The number of β-amino-alcohol motifs (C(OH)–C–C–N with tert-alkyl or cyclic N) is 1. The van der Waals surface area contributed by atoms with E-state index >= 15 is 0 Å². The van der Waals surface area contributed by atoms with Crippen LogP contribution in [0.1, 0.15) is 23.9 Å². The number of aryl methyl sites for hydroxylation is 1. The first-order chi connectivity index (χ1) is 9.13. The lowest BCUT2D eigenvalue weighted by Gasteiger charge is -2.01. The molecule has 1 saturated heterocycles. The SMILES string of the molecule is Cc1ccc(-c2noc([C@H]3C[C@@H](O)CN3)n2)cc1F.Cl. The summed E-state index contributed by atoms with van der Waals surface area (Å²) in [6.07, 6.45) is 0.154. The van der Waals surface area contributed by atoms with E-state index in [0.29, 0.717) is 35.8 Å². The summed E-state index contributed by atoms with van der Waals surface area (Å²) in [6.45, 7) is 2.21. The average molecular weight is 300 g/mol. The van der Waals surface area contributed by atoms with Crippen molar-refractivity contribution in [3.05, 3.63) is 35.5 Å². The van der Waals surface area contributed by atoms with Gasteiger partial charge in [0.05, 0.1) is 12.1 Å². The number of halogens is 2. The van der Waals surface area contributed by atoms with Crippen molar-refractivity contribution >= 4 is 12.4 Å². The third-order valence-electron chi connectivity index (χ3n) is 3.28. The van der Waals surface area contributed by atoms with Crippen molar-refractivity contribution in [2.24, 2.45) is 0 Å². The third-order valence-corrected chi connectivity index (χ3v) is 3.28. The Labute approximate surface area is 121 Å². The minimum atomic E-state index is -0.392. The molecule has 1 aliphatic rings. The van der Waals surface area contributed by atoms with Gasteiger partial charge in [-0.3, -0.25) is 0 Å². The monoisotopic (exact) mass is 299 g/mol. The van der Waals surface area contributed by atoms with Crippen molar-refractivity contribution in [1.29, 1.82) is 0 Å². The summed E-state index contributed by atoms with van der Waals surface area (Å²) >= 11 is 0. The van der Waals surface area contributed by atoms with E-state index in [1.807, 2.05) is 0 Å². The Morgan fingerprint density at radius 1 is 1.45 bits per heavy atom. The van der Waals surface area contributed by atoms with Gasteiger partial charge in [0, 0.05) is 12.1 Å². The average Bonchev–Trinajstić information content (AvgIpc) is 3.01. The largest absolute Gasteiger partial charge is 0.392 e. The Bertz CT molecular complexity index is 605. The number of aliphatic hydroxyl groups excluding tert-OH is 1. The molecule has 0 amide bonds. The predicted molar refractivity (Wildman–Crippen MR) is 73.0 cm³/mol. The predicted octanol–water partition coefficient (Wildman–Crippen LogP) is 2.00. The van der Waals surface area contributed by atoms with E-state index in [4.69, 9.17) is 4.52 Å². The maximum absolute atomic E-state index is 13.5. The van der Waals surface area contributed by atoms with Gasteiger partial charge in [-0.15, -0.1) is 12.4 Å². The third kappa shape index (κ3) is 2.82. The zero-order valence-corrected chi connectivity index (χ0v) is 11.7. The Morgan fingerprint density at radius 2 is 2.25 bits per heavy atom. The minimum absolute atomic E-state index is 0. The second-order valence-electron chi connectivity index (χ2n) is 4.77. The molecule has 2 N–H and O–H groups in total. The summed E-state index contributed by atoms with van der Waals surface area (Å²) < 4.78 is 18.7. The molecule has 0 aliphatic carbocycles. The molecule has 0 saturated carbocycles. The molecule has 0 spiro atoms. The van der Waals surface area contributed by atoms with E-state index in [1.165, 1.54) is 6.07 Å². The lowest BCUT2D eigenvalue weighted by molar-refractivity contribution is 0.191. The van der Waals surface area contributed by atoms with Crippen LogP contribution in [0, 0.1) is 12.7 Å². The summed E-state index contributed by atoms with van der Waals surface area (Å²) in [5.41, 5.74) is 1.16. The quantitative estimate of drug-likeness (QED) is 0.887. The Morgan fingerprint density at radius 3 is 2.90 bits per heavy atom. The van der Waals surface area contributed by atoms with Crippen LogP contribution in [-0.2, 0) is 0 Å². The number of aromatic nitrogens is 2. The first kappa shape index (κ1) is 14.9. The van der Waals surface area contributed by atoms with Gasteiger partial charge in [0.1, 0.15) is 5.82 Å². The molecule has 2 atom stereocenters. The van der Waals surface area contributed by atoms with Crippen molar-refractivity contribution in [2.75, 3.05) is 6.54 Å². The molecule has 20 heavy (non-hydrogen) atoms. The number of nitrogens with zero attached hydrogens (tertiary/aromatic N) is 2. The highest BCUT2D eigenvalue weighted by Crippen LogP contribution is 2.25. The number of rotatable bonds is 2. The Balaban J connectivity index is 0.00000147. The van der Waals surface area contributed by atoms with Crippen LogP contribution in [0.15, 0.2) is 22.7 Å². The summed E-state index contributed by atoms with van der Waals surface area (Å²) in [5.74, 6) is 0.489. The van der Waals surface area contributed by atoms with E-state index in [-0.39, 0.29) is 24.3 Å². The fraction of sp³-hybridized carbons (Fsp3) is 0.385. The van der Waals surface area contributed by atoms with Gasteiger partial charge in [-0.2, -0.15) is 4.98 Å². The number of hydrogen-bond donors (Lipinski definition) is 2. The molecule has 0 unspecified atom stereocenters. The fourth-order valence-corrected chi connectivity index (χ4v) is 2.13. The van der Waals surface area contributed by atoms with Gasteiger partial charge in [0.15, 0.2) is 0 Å². The standard InChI is InChI=1S/C13H14FN3O2.ClH/c1-7-2-3-8(4-10(7)14)12-16-13(19-17-12)11-5-9(18)6-15-11;/h2-4,9,11,15,18H,5-6H2,1H3;1H/t9-,11-;/m1./s1. The number of hydrogen-bond acceptors (Lipinski definition) is 5. The van der Waals surface area contributed by atoms with E-state index in [2.05, 4.69) is 15.5 Å². The molecule has 0 bridgehead atoms. The first-order valence-electron chi connectivity index (χ1n) is 6.15. The van der Waals surface area contributed by atoms with Crippen LogP contribution in [0.3, 0.4) is 0 Å². The fourth-order valence-electron chi connectivity index (χ4n) is 2.13. The van der Waals surface area contributed by atoms with E-state index in [1.54, 1.807) is 19.1 Å². The maximum Gasteiger partial charge on any atom is 0.244 e. The first-order valence-corrected chi connectivity index (χ1v) is 6.15. The molecule has 3 rings (SSSR count). The molecule has 0 radical (unpaired) electrons. The maximum atomic E-state index is 13.5. The van der Waals surface area contributed by atoms with Crippen LogP contribution in [0.5, 0.6) is 0 Å².